The predicted molar refractivity (Wildman–Crippen MR) is 86.7 cm³/mol. The fourth-order valence-electron chi connectivity index (χ4n) is 1.97. The van der Waals surface area contributed by atoms with Crippen LogP contribution in [0.3, 0.4) is 0 Å². The molecule has 112 valence electrons. The molecule has 0 atom stereocenters. The number of rotatable bonds is 7. The summed E-state index contributed by atoms with van der Waals surface area (Å²) in [7, 11) is 0. The molecular weight excluding hydrogens is 285 g/mol. The minimum atomic E-state index is -0.239. The van der Waals surface area contributed by atoms with Crippen molar-refractivity contribution < 1.29 is 9.13 Å². The molecule has 0 saturated carbocycles. The number of ether oxygens (including phenoxy) is 1. The zero-order valence-electron chi connectivity index (χ0n) is 12.4. The van der Waals surface area contributed by atoms with Gasteiger partial charge in [0.05, 0.1) is 0 Å². The molecule has 2 nitrogen and oxygen atoms in total. The fourth-order valence-corrected chi connectivity index (χ4v) is 2.38. The highest BCUT2D eigenvalue weighted by molar-refractivity contribution is 7.98. The maximum absolute atomic E-state index is 14.0. The van der Waals surface area contributed by atoms with Crippen LogP contribution < -0.4 is 10.1 Å². The Morgan fingerprint density at radius 2 is 1.90 bits per heavy atom. The topological polar surface area (TPSA) is 21.3 Å². The van der Waals surface area contributed by atoms with Gasteiger partial charge in [0, 0.05) is 17.0 Å². The Morgan fingerprint density at radius 1 is 1.14 bits per heavy atom. The average molecular weight is 305 g/mol. The molecule has 0 fully saturated rings. The second-order valence-corrected chi connectivity index (χ2v) is 5.55. The van der Waals surface area contributed by atoms with Crippen molar-refractivity contribution in [3.8, 4) is 11.5 Å². The summed E-state index contributed by atoms with van der Waals surface area (Å²) >= 11 is 1.68. The van der Waals surface area contributed by atoms with Crippen molar-refractivity contribution >= 4 is 11.8 Å². The molecule has 2 aromatic rings. The van der Waals surface area contributed by atoms with E-state index in [2.05, 4.69) is 12.2 Å². The van der Waals surface area contributed by atoms with E-state index in [0.29, 0.717) is 17.9 Å². The Bertz CT molecular complexity index is 572. The summed E-state index contributed by atoms with van der Waals surface area (Å²) in [5.41, 5.74) is 0.569. The summed E-state index contributed by atoms with van der Waals surface area (Å²) in [6, 6.07) is 12.7. The van der Waals surface area contributed by atoms with Crippen molar-refractivity contribution in [3.63, 3.8) is 0 Å². The van der Waals surface area contributed by atoms with Crippen LogP contribution in [0.5, 0.6) is 11.5 Å². The summed E-state index contributed by atoms with van der Waals surface area (Å²) in [6.07, 6.45) is 3.04. The molecule has 0 aliphatic heterocycles. The molecule has 0 unspecified atom stereocenters. The molecule has 0 heterocycles. The quantitative estimate of drug-likeness (QED) is 0.584. The van der Waals surface area contributed by atoms with Crippen molar-refractivity contribution in [2.75, 3.05) is 12.8 Å². The lowest BCUT2D eigenvalue weighted by molar-refractivity contribution is 0.461. The maximum Gasteiger partial charge on any atom is 0.134 e. The van der Waals surface area contributed by atoms with Gasteiger partial charge in [-0.05, 0) is 55.6 Å². The van der Waals surface area contributed by atoms with Crippen molar-refractivity contribution in [2.45, 2.75) is 24.8 Å². The number of halogens is 1. The Morgan fingerprint density at radius 3 is 2.57 bits per heavy atom. The molecule has 0 aromatic heterocycles. The first-order valence-electron chi connectivity index (χ1n) is 7.04. The zero-order chi connectivity index (χ0) is 15.1. The largest absolute Gasteiger partial charge is 0.457 e. The molecule has 0 amide bonds. The van der Waals surface area contributed by atoms with E-state index in [1.807, 2.05) is 30.5 Å². The average Bonchev–Trinajstić information content (AvgIpc) is 2.51. The van der Waals surface area contributed by atoms with Crippen molar-refractivity contribution in [2.24, 2.45) is 0 Å². The molecular formula is C17H20FNOS. The Balaban J connectivity index is 2.15. The van der Waals surface area contributed by atoms with Crippen LogP contribution in [0, 0.1) is 5.82 Å². The number of benzene rings is 2. The van der Waals surface area contributed by atoms with E-state index in [1.54, 1.807) is 23.9 Å². The number of hydrogen-bond acceptors (Lipinski definition) is 3. The summed E-state index contributed by atoms with van der Waals surface area (Å²) in [6.45, 7) is 3.41. The standard InChI is InChI=1S/C17H20FNOS/c1-3-11-19-12-15-16(18)5-4-6-17(15)20-13-7-9-14(21-2)10-8-13/h4-10,19H,3,11-12H2,1-2H3. The van der Waals surface area contributed by atoms with Gasteiger partial charge in [-0.15, -0.1) is 11.8 Å². The first-order valence-corrected chi connectivity index (χ1v) is 8.27. The van der Waals surface area contributed by atoms with E-state index in [0.717, 1.165) is 18.7 Å². The highest BCUT2D eigenvalue weighted by Crippen LogP contribution is 2.28. The normalized spacial score (nSPS) is 10.6. The molecule has 0 saturated heterocycles. The van der Waals surface area contributed by atoms with Crippen LogP contribution in [0.25, 0.3) is 0 Å². The molecule has 4 heteroatoms. The lowest BCUT2D eigenvalue weighted by Gasteiger charge is -2.13. The molecule has 1 N–H and O–H groups in total. The van der Waals surface area contributed by atoms with E-state index in [1.165, 1.54) is 11.0 Å². The second kappa shape index (κ2) is 8.05. The minimum absolute atomic E-state index is 0.239. The Kier molecular flexibility index (Phi) is 6.08. The van der Waals surface area contributed by atoms with Gasteiger partial charge in [0.15, 0.2) is 0 Å². The number of thioether (sulfide) groups is 1. The van der Waals surface area contributed by atoms with Gasteiger partial charge < -0.3 is 10.1 Å². The van der Waals surface area contributed by atoms with Gasteiger partial charge in [0.2, 0.25) is 0 Å². The third-order valence-electron chi connectivity index (χ3n) is 3.09. The van der Waals surface area contributed by atoms with E-state index >= 15 is 0 Å². The third-order valence-corrected chi connectivity index (χ3v) is 3.84. The molecule has 0 bridgehead atoms. The fraction of sp³-hybridized carbons (Fsp3) is 0.294. The van der Waals surface area contributed by atoms with Crippen LogP contribution >= 0.6 is 11.8 Å². The second-order valence-electron chi connectivity index (χ2n) is 4.67. The van der Waals surface area contributed by atoms with Crippen LogP contribution in [-0.2, 0) is 6.54 Å². The molecule has 0 radical (unpaired) electrons. The molecule has 0 aliphatic carbocycles. The third kappa shape index (κ3) is 4.48. The van der Waals surface area contributed by atoms with Crippen LogP contribution in [-0.4, -0.2) is 12.8 Å². The SMILES string of the molecule is CCCNCc1c(F)cccc1Oc1ccc(SC)cc1. The maximum atomic E-state index is 14.0. The van der Waals surface area contributed by atoms with Crippen LogP contribution in [0.2, 0.25) is 0 Å². The summed E-state index contributed by atoms with van der Waals surface area (Å²) < 4.78 is 19.8. The van der Waals surface area contributed by atoms with Gasteiger partial charge in [0.25, 0.3) is 0 Å². The lowest BCUT2D eigenvalue weighted by atomic mass is 10.2. The van der Waals surface area contributed by atoms with Crippen molar-refractivity contribution in [1.29, 1.82) is 0 Å². The van der Waals surface area contributed by atoms with Gasteiger partial charge in [-0.1, -0.05) is 13.0 Å². The van der Waals surface area contributed by atoms with Gasteiger partial charge in [-0.25, -0.2) is 4.39 Å². The molecule has 21 heavy (non-hydrogen) atoms. The van der Waals surface area contributed by atoms with Gasteiger partial charge in [0.1, 0.15) is 17.3 Å². The van der Waals surface area contributed by atoms with E-state index < -0.39 is 0 Å². The highest BCUT2D eigenvalue weighted by atomic mass is 32.2. The summed E-state index contributed by atoms with van der Waals surface area (Å²) in [5, 5.41) is 3.21. The van der Waals surface area contributed by atoms with E-state index in [-0.39, 0.29) is 5.82 Å². The summed E-state index contributed by atoms with van der Waals surface area (Å²) in [4.78, 5) is 1.17. The molecule has 0 spiro atoms. The van der Waals surface area contributed by atoms with Crippen LogP contribution in [0.1, 0.15) is 18.9 Å². The number of hydrogen-bond donors (Lipinski definition) is 1. The Hall–Kier alpha value is -1.52. The molecule has 0 aliphatic rings. The first-order chi connectivity index (χ1) is 10.2. The smallest absolute Gasteiger partial charge is 0.134 e. The van der Waals surface area contributed by atoms with Gasteiger partial charge in [-0.3, -0.25) is 0 Å². The predicted octanol–water partition coefficient (Wildman–Crippen LogP) is 4.84. The molecule has 2 rings (SSSR count). The monoisotopic (exact) mass is 305 g/mol. The zero-order valence-corrected chi connectivity index (χ0v) is 13.2. The van der Waals surface area contributed by atoms with Gasteiger partial charge >= 0.3 is 0 Å². The molecule has 2 aromatic carbocycles. The number of nitrogens with one attached hydrogen (secondary N) is 1. The van der Waals surface area contributed by atoms with Crippen LogP contribution in [0.4, 0.5) is 4.39 Å². The minimum Gasteiger partial charge on any atom is -0.457 e. The lowest BCUT2D eigenvalue weighted by Crippen LogP contribution is -2.15. The Labute approximate surface area is 129 Å². The van der Waals surface area contributed by atoms with E-state index in [9.17, 15) is 4.39 Å². The van der Waals surface area contributed by atoms with Crippen LogP contribution in [0.15, 0.2) is 47.4 Å². The van der Waals surface area contributed by atoms with Crippen molar-refractivity contribution in [3.05, 3.63) is 53.8 Å². The van der Waals surface area contributed by atoms with Gasteiger partial charge in [-0.2, -0.15) is 0 Å². The first kappa shape index (κ1) is 15.9. The van der Waals surface area contributed by atoms with E-state index in [4.69, 9.17) is 4.74 Å². The highest BCUT2D eigenvalue weighted by Gasteiger charge is 2.10. The van der Waals surface area contributed by atoms with Crippen molar-refractivity contribution in [1.82, 2.24) is 5.32 Å². The summed E-state index contributed by atoms with van der Waals surface area (Å²) in [5.74, 6) is 1.04.